The van der Waals surface area contributed by atoms with Gasteiger partial charge in [0.25, 0.3) is 6.43 Å². The van der Waals surface area contributed by atoms with Crippen molar-refractivity contribution in [2.24, 2.45) is 11.8 Å². The molecular weight excluding hydrogens is 394 g/mol. The summed E-state index contributed by atoms with van der Waals surface area (Å²) < 4.78 is 32.6. The Hall–Kier alpha value is -3.17. The summed E-state index contributed by atoms with van der Waals surface area (Å²) >= 11 is 0. The molecule has 3 aromatic heterocycles. The summed E-state index contributed by atoms with van der Waals surface area (Å²) in [7, 11) is 1.40. The van der Waals surface area contributed by atoms with Gasteiger partial charge in [-0.15, -0.1) is 0 Å². The maximum absolute atomic E-state index is 13.1. The molecular formula is C20H22F2N6O2. The van der Waals surface area contributed by atoms with E-state index < -0.39 is 6.43 Å². The number of anilines is 1. The number of nitrogens with zero attached hydrogens (tertiary/aromatic N) is 6. The molecule has 0 N–H and O–H groups in total. The van der Waals surface area contributed by atoms with E-state index in [2.05, 4.69) is 31.8 Å². The summed E-state index contributed by atoms with van der Waals surface area (Å²) in [6.45, 7) is 4.79. The average molecular weight is 416 g/mol. The van der Waals surface area contributed by atoms with Crippen LogP contribution in [0.25, 0.3) is 17.2 Å². The molecule has 0 amide bonds. The third-order valence-electron chi connectivity index (χ3n) is 5.55. The minimum atomic E-state index is -2.69. The molecule has 0 aliphatic carbocycles. The normalized spacial score (nSPS) is 21.9. The number of rotatable bonds is 4. The van der Waals surface area contributed by atoms with Crippen LogP contribution in [-0.2, 0) is 9.53 Å². The summed E-state index contributed by atoms with van der Waals surface area (Å²) in [5.41, 5.74) is 0.560. The first-order chi connectivity index (χ1) is 14.4. The van der Waals surface area contributed by atoms with Crippen molar-refractivity contribution in [1.29, 1.82) is 0 Å². The van der Waals surface area contributed by atoms with Crippen molar-refractivity contribution in [3.05, 3.63) is 36.5 Å². The van der Waals surface area contributed by atoms with Gasteiger partial charge >= 0.3 is 5.97 Å². The molecule has 4 rings (SSSR count). The number of methoxy groups -OCH3 is 1. The van der Waals surface area contributed by atoms with Crippen molar-refractivity contribution >= 4 is 17.4 Å². The van der Waals surface area contributed by atoms with Gasteiger partial charge in [-0.3, -0.25) is 9.20 Å². The average Bonchev–Trinajstić information content (AvgIpc) is 3.18. The Morgan fingerprint density at radius 3 is 2.77 bits per heavy atom. The number of imidazole rings is 1. The molecule has 0 saturated carbocycles. The number of carbonyl (C=O) groups excluding carboxylic acids is 1. The molecule has 8 nitrogen and oxygen atoms in total. The van der Waals surface area contributed by atoms with Crippen LogP contribution >= 0.6 is 0 Å². The van der Waals surface area contributed by atoms with Crippen molar-refractivity contribution in [1.82, 2.24) is 24.3 Å². The highest BCUT2D eigenvalue weighted by Gasteiger charge is 2.37. The smallest absolute Gasteiger partial charge is 0.310 e. The van der Waals surface area contributed by atoms with Crippen molar-refractivity contribution in [3.63, 3.8) is 0 Å². The molecule has 1 aliphatic heterocycles. The molecule has 1 fully saturated rings. The second-order valence-electron chi connectivity index (χ2n) is 7.59. The molecule has 158 valence electrons. The van der Waals surface area contributed by atoms with Gasteiger partial charge in [-0.1, -0.05) is 6.92 Å². The fraction of sp³-hybridized carbons (Fsp3) is 0.450. The number of fused-ring (bicyclic) bond motifs is 1. The van der Waals surface area contributed by atoms with Crippen LogP contribution in [0.4, 0.5) is 14.6 Å². The Kier molecular flexibility index (Phi) is 5.31. The minimum absolute atomic E-state index is 0.103. The van der Waals surface area contributed by atoms with E-state index in [4.69, 9.17) is 4.74 Å². The first kappa shape index (κ1) is 20.1. The predicted molar refractivity (Wildman–Crippen MR) is 105 cm³/mol. The topological polar surface area (TPSA) is 85.5 Å². The number of halogens is 2. The zero-order chi connectivity index (χ0) is 21.4. The molecule has 0 radical (unpaired) electrons. The fourth-order valence-electron chi connectivity index (χ4n) is 3.99. The van der Waals surface area contributed by atoms with Crippen LogP contribution in [0.1, 0.15) is 32.4 Å². The van der Waals surface area contributed by atoms with Crippen LogP contribution in [0.2, 0.25) is 0 Å². The van der Waals surface area contributed by atoms with Crippen molar-refractivity contribution in [2.45, 2.75) is 32.7 Å². The molecule has 10 heteroatoms. The van der Waals surface area contributed by atoms with E-state index in [9.17, 15) is 13.6 Å². The van der Waals surface area contributed by atoms with Gasteiger partial charge in [0, 0.05) is 25.0 Å². The van der Waals surface area contributed by atoms with Crippen molar-refractivity contribution < 1.29 is 18.3 Å². The Morgan fingerprint density at radius 2 is 2.03 bits per heavy atom. The first-order valence-corrected chi connectivity index (χ1v) is 9.68. The monoisotopic (exact) mass is 416 g/mol. The lowest BCUT2D eigenvalue weighted by Crippen LogP contribution is -2.50. The lowest BCUT2D eigenvalue weighted by atomic mass is 9.84. The third-order valence-corrected chi connectivity index (χ3v) is 5.55. The van der Waals surface area contributed by atoms with Crippen LogP contribution in [-0.4, -0.2) is 50.0 Å². The molecule has 30 heavy (non-hydrogen) atoms. The number of carbonyl (C=O) groups is 1. The van der Waals surface area contributed by atoms with Gasteiger partial charge in [-0.2, -0.15) is 0 Å². The molecule has 3 atom stereocenters. The fourth-order valence-corrected chi connectivity index (χ4v) is 3.99. The van der Waals surface area contributed by atoms with Crippen LogP contribution in [0, 0.1) is 11.8 Å². The van der Waals surface area contributed by atoms with E-state index in [1.54, 1.807) is 12.3 Å². The SMILES string of the molecule is COC(=O)C1CC(C)CN(c2ccnc(-c3cnc4cnc(C(F)F)cn34)n2)C1C. The summed E-state index contributed by atoms with van der Waals surface area (Å²) in [6, 6.07) is 1.68. The molecule has 3 aromatic rings. The summed E-state index contributed by atoms with van der Waals surface area (Å²) in [4.78, 5) is 31.2. The predicted octanol–water partition coefficient (Wildman–Crippen LogP) is 3.15. The highest BCUT2D eigenvalue weighted by molar-refractivity contribution is 5.74. The summed E-state index contributed by atoms with van der Waals surface area (Å²) in [6.07, 6.45) is 3.75. The second kappa shape index (κ2) is 7.92. The van der Waals surface area contributed by atoms with E-state index in [-0.39, 0.29) is 29.5 Å². The highest BCUT2D eigenvalue weighted by atomic mass is 19.3. The van der Waals surface area contributed by atoms with Gasteiger partial charge in [-0.25, -0.2) is 28.7 Å². The zero-order valence-electron chi connectivity index (χ0n) is 16.9. The minimum Gasteiger partial charge on any atom is -0.469 e. The Balaban J connectivity index is 1.72. The van der Waals surface area contributed by atoms with Gasteiger partial charge in [0.1, 0.15) is 17.2 Å². The summed E-state index contributed by atoms with van der Waals surface area (Å²) in [5, 5.41) is 0. The number of piperidine rings is 1. The summed E-state index contributed by atoms with van der Waals surface area (Å²) in [5.74, 6) is 0.798. The molecule has 1 aliphatic rings. The number of aromatic nitrogens is 5. The van der Waals surface area contributed by atoms with Crippen LogP contribution < -0.4 is 4.90 Å². The van der Waals surface area contributed by atoms with Gasteiger partial charge in [0.2, 0.25) is 0 Å². The molecule has 0 spiro atoms. The first-order valence-electron chi connectivity index (χ1n) is 9.68. The van der Waals surface area contributed by atoms with Crippen LogP contribution in [0.5, 0.6) is 0 Å². The molecule has 1 saturated heterocycles. The molecule has 0 bridgehead atoms. The van der Waals surface area contributed by atoms with Gasteiger partial charge in [0.05, 0.1) is 25.4 Å². The van der Waals surface area contributed by atoms with E-state index in [0.717, 1.165) is 13.0 Å². The van der Waals surface area contributed by atoms with E-state index in [1.807, 2.05) is 6.92 Å². The van der Waals surface area contributed by atoms with Gasteiger partial charge in [-0.05, 0) is 25.3 Å². The molecule has 4 heterocycles. The number of ether oxygens (including phenoxy) is 1. The largest absolute Gasteiger partial charge is 0.469 e. The second-order valence-corrected chi connectivity index (χ2v) is 7.59. The zero-order valence-corrected chi connectivity index (χ0v) is 16.9. The van der Waals surface area contributed by atoms with Gasteiger partial charge < -0.3 is 9.64 Å². The Labute approximate surface area is 171 Å². The van der Waals surface area contributed by atoms with E-state index >= 15 is 0 Å². The Morgan fingerprint density at radius 1 is 1.23 bits per heavy atom. The van der Waals surface area contributed by atoms with E-state index in [0.29, 0.717) is 23.0 Å². The highest BCUT2D eigenvalue weighted by Crippen LogP contribution is 2.32. The van der Waals surface area contributed by atoms with Crippen LogP contribution in [0.3, 0.4) is 0 Å². The maximum Gasteiger partial charge on any atom is 0.310 e. The molecule has 3 unspecified atom stereocenters. The lowest BCUT2D eigenvalue weighted by molar-refractivity contribution is -0.147. The Bertz CT molecular complexity index is 1070. The standard InChI is InChI=1S/C20H22F2N6O2/c1-11-6-13(20(29)30-3)12(2)27(9-11)16-4-5-23-19(26-16)15-7-25-17-8-24-14(18(21)22)10-28(15)17/h4-5,7-8,10-13,18H,6,9H2,1-3H3. The lowest BCUT2D eigenvalue weighted by Gasteiger charge is -2.41. The van der Waals surface area contributed by atoms with Gasteiger partial charge in [0.15, 0.2) is 11.5 Å². The third kappa shape index (κ3) is 3.57. The number of alkyl halides is 2. The van der Waals surface area contributed by atoms with Crippen molar-refractivity contribution in [3.8, 4) is 11.5 Å². The van der Waals surface area contributed by atoms with Crippen LogP contribution in [0.15, 0.2) is 30.9 Å². The van der Waals surface area contributed by atoms with E-state index in [1.165, 1.54) is 30.1 Å². The number of hydrogen-bond acceptors (Lipinski definition) is 7. The maximum atomic E-state index is 13.1. The quantitative estimate of drug-likeness (QED) is 0.604. The molecule has 0 aromatic carbocycles. The van der Waals surface area contributed by atoms with Crippen molar-refractivity contribution in [2.75, 3.05) is 18.6 Å². The number of esters is 1. The number of hydrogen-bond donors (Lipinski definition) is 0.